The fraction of sp³-hybridized carbons (Fsp3) is 0.333. The fourth-order valence-electron chi connectivity index (χ4n) is 1.52. The number of nitrogens with one attached hydrogen (secondary N) is 1. The number of nitrogens with two attached hydrogens (primary N) is 1. The van der Waals surface area contributed by atoms with Crippen LogP contribution in [-0.4, -0.2) is 21.5 Å². The summed E-state index contributed by atoms with van der Waals surface area (Å²) in [5.74, 6) is 0. The first-order valence-corrected chi connectivity index (χ1v) is 6.87. The van der Waals surface area contributed by atoms with Crippen LogP contribution in [0.4, 0.5) is 0 Å². The summed E-state index contributed by atoms with van der Waals surface area (Å²) in [5.41, 5.74) is 7.06. The van der Waals surface area contributed by atoms with Crippen molar-refractivity contribution in [3.8, 4) is 0 Å². The average Bonchev–Trinajstić information content (AvgIpc) is 2.24. The molecule has 0 aromatic heterocycles. The first kappa shape index (κ1) is 13.9. The first-order valence-electron chi connectivity index (χ1n) is 5.39. The topological polar surface area (TPSA) is 72.2 Å². The summed E-state index contributed by atoms with van der Waals surface area (Å²) in [4.78, 5) is 0.323. The molecular weight excluding hydrogens is 236 g/mol. The van der Waals surface area contributed by atoms with E-state index in [0.717, 1.165) is 11.1 Å². The molecule has 0 unspecified atom stereocenters. The van der Waals surface area contributed by atoms with Crippen molar-refractivity contribution >= 4 is 10.0 Å². The van der Waals surface area contributed by atoms with Gasteiger partial charge in [0.25, 0.3) is 0 Å². The molecule has 0 heterocycles. The van der Waals surface area contributed by atoms with Crippen molar-refractivity contribution in [3.63, 3.8) is 0 Å². The van der Waals surface area contributed by atoms with E-state index < -0.39 is 10.0 Å². The van der Waals surface area contributed by atoms with Gasteiger partial charge in [-0.1, -0.05) is 29.8 Å². The summed E-state index contributed by atoms with van der Waals surface area (Å²) >= 11 is 0. The van der Waals surface area contributed by atoms with E-state index in [1.54, 1.807) is 31.2 Å². The summed E-state index contributed by atoms with van der Waals surface area (Å²) in [7, 11) is -3.43. The minimum atomic E-state index is -3.43. The van der Waals surface area contributed by atoms with Crippen molar-refractivity contribution in [2.24, 2.45) is 5.73 Å². The SMILES string of the molecule is Cc1ccc(S(=O)(=O)NC/C=C/CN)c(C)c1. The monoisotopic (exact) mass is 254 g/mol. The van der Waals surface area contributed by atoms with E-state index in [1.165, 1.54) is 0 Å². The van der Waals surface area contributed by atoms with E-state index in [1.807, 2.05) is 13.0 Å². The molecule has 17 heavy (non-hydrogen) atoms. The normalized spacial score (nSPS) is 12.2. The van der Waals surface area contributed by atoms with Gasteiger partial charge in [0, 0.05) is 13.1 Å². The summed E-state index contributed by atoms with van der Waals surface area (Å²) in [6.45, 7) is 4.39. The Morgan fingerprint density at radius 3 is 2.59 bits per heavy atom. The number of aryl methyl sites for hydroxylation is 2. The number of benzene rings is 1. The Balaban J connectivity index is 2.86. The molecule has 3 N–H and O–H groups in total. The lowest BCUT2D eigenvalue weighted by Crippen LogP contribution is -2.24. The zero-order valence-electron chi connectivity index (χ0n) is 10.1. The van der Waals surface area contributed by atoms with Gasteiger partial charge >= 0.3 is 0 Å². The molecule has 0 radical (unpaired) electrons. The number of hydrogen-bond acceptors (Lipinski definition) is 3. The van der Waals surface area contributed by atoms with E-state index in [-0.39, 0.29) is 6.54 Å². The van der Waals surface area contributed by atoms with E-state index in [9.17, 15) is 8.42 Å². The van der Waals surface area contributed by atoms with Crippen LogP contribution in [0.3, 0.4) is 0 Å². The van der Waals surface area contributed by atoms with Crippen molar-refractivity contribution in [1.82, 2.24) is 4.72 Å². The van der Waals surface area contributed by atoms with Crippen molar-refractivity contribution in [3.05, 3.63) is 41.5 Å². The predicted octanol–water partition coefficient (Wildman–Crippen LogP) is 1.10. The lowest BCUT2D eigenvalue weighted by atomic mass is 10.2. The van der Waals surface area contributed by atoms with Crippen LogP contribution >= 0.6 is 0 Å². The summed E-state index contributed by atoms with van der Waals surface area (Å²) in [6, 6.07) is 5.27. The molecule has 0 spiro atoms. The lowest BCUT2D eigenvalue weighted by molar-refractivity contribution is 0.585. The molecule has 1 rings (SSSR count). The molecule has 0 bridgehead atoms. The Kier molecular flexibility index (Phi) is 4.86. The van der Waals surface area contributed by atoms with E-state index >= 15 is 0 Å². The van der Waals surface area contributed by atoms with Gasteiger partial charge in [-0.25, -0.2) is 13.1 Å². The standard InChI is InChI=1S/C12H18N2O2S/c1-10-5-6-12(11(2)9-10)17(15,16)14-8-4-3-7-13/h3-6,9,14H,7-8,13H2,1-2H3/b4-3+. The minimum Gasteiger partial charge on any atom is -0.327 e. The Bertz CT molecular complexity index is 507. The van der Waals surface area contributed by atoms with Gasteiger partial charge in [0.2, 0.25) is 10.0 Å². The van der Waals surface area contributed by atoms with Crippen LogP contribution in [0, 0.1) is 13.8 Å². The van der Waals surface area contributed by atoms with Gasteiger partial charge < -0.3 is 5.73 Å². The highest BCUT2D eigenvalue weighted by Crippen LogP contribution is 2.15. The fourth-order valence-corrected chi connectivity index (χ4v) is 2.72. The maximum absolute atomic E-state index is 12.0. The molecule has 0 aliphatic rings. The van der Waals surface area contributed by atoms with Crippen LogP contribution in [0.25, 0.3) is 0 Å². The molecule has 0 saturated heterocycles. The average molecular weight is 254 g/mol. The van der Waals surface area contributed by atoms with Crippen LogP contribution < -0.4 is 10.5 Å². The predicted molar refractivity (Wildman–Crippen MR) is 69.3 cm³/mol. The Hall–Kier alpha value is -1.17. The van der Waals surface area contributed by atoms with Gasteiger partial charge in [-0.05, 0) is 25.5 Å². The second-order valence-electron chi connectivity index (χ2n) is 3.83. The number of rotatable bonds is 5. The molecule has 1 aromatic rings. The van der Waals surface area contributed by atoms with Crippen LogP contribution in [-0.2, 0) is 10.0 Å². The molecule has 5 heteroatoms. The molecular formula is C12H18N2O2S. The largest absolute Gasteiger partial charge is 0.327 e. The summed E-state index contributed by atoms with van der Waals surface area (Å²) < 4.78 is 26.4. The van der Waals surface area contributed by atoms with E-state index in [0.29, 0.717) is 11.4 Å². The molecule has 0 amide bonds. The molecule has 0 saturated carbocycles. The Morgan fingerprint density at radius 1 is 1.29 bits per heavy atom. The van der Waals surface area contributed by atoms with Gasteiger partial charge in [-0.2, -0.15) is 0 Å². The van der Waals surface area contributed by atoms with Gasteiger partial charge in [-0.15, -0.1) is 0 Å². The summed E-state index contributed by atoms with van der Waals surface area (Å²) in [5, 5.41) is 0. The quantitative estimate of drug-likeness (QED) is 0.773. The first-order chi connectivity index (χ1) is 7.97. The second kappa shape index (κ2) is 5.95. The van der Waals surface area contributed by atoms with E-state index in [4.69, 9.17) is 5.73 Å². The van der Waals surface area contributed by atoms with Gasteiger partial charge in [0.15, 0.2) is 0 Å². The Morgan fingerprint density at radius 2 is 2.00 bits per heavy atom. The van der Waals surface area contributed by atoms with Gasteiger partial charge in [-0.3, -0.25) is 0 Å². The third kappa shape index (κ3) is 3.96. The van der Waals surface area contributed by atoms with Crippen molar-refractivity contribution in [1.29, 1.82) is 0 Å². The van der Waals surface area contributed by atoms with Crippen LogP contribution in [0.15, 0.2) is 35.2 Å². The minimum absolute atomic E-state index is 0.257. The zero-order valence-corrected chi connectivity index (χ0v) is 10.9. The van der Waals surface area contributed by atoms with Gasteiger partial charge in [0.1, 0.15) is 0 Å². The second-order valence-corrected chi connectivity index (χ2v) is 5.56. The van der Waals surface area contributed by atoms with Crippen molar-refractivity contribution in [2.45, 2.75) is 18.7 Å². The highest BCUT2D eigenvalue weighted by Gasteiger charge is 2.15. The third-order valence-corrected chi connectivity index (χ3v) is 3.90. The van der Waals surface area contributed by atoms with Gasteiger partial charge in [0.05, 0.1) is 4.90 Å². The smallest absolute Gasteiger partial charge is 0.241 e. The molecule has 0 atom stereocenters. The number of hydrogen-bond donors (Lipinski definition) is 2. The molecule has 4 nitrogen and oxygen atoms in total. The zero-order chi connectivity index (χ0) is 12.9. The maximum atomic E-state index is 12.0. The highest BCUT2D eigenvalue weighted by atomic mass is 32.2. The highest BCUT2D eigenvalue weighted by molar-refractivity contribution is 7.89. The molecule has 94 valence electrons. The summed E-state index contributed by atoms with van der Waals surface area (Å²) in [6.07, 6.45) is 3.41. The van der Waals surface area contributed by atoms with Crippen LogP contribution in [0.5, 0.6) is 0 Å². The molecule has 1 aromatic carbocycles. The van der Waals surface area contributed by atoms with Crippen LogP contribution in [0.1, 0.15) is 11.1 Å². The maximum Gasteiger partial charge on any atom is 0.241 e. The molecule has 0 aliphatic carbocycles. The number of sulfonamides is 1. The Labute approximate surface area is 103 Å². The van der Waals surface area contributed by atoms with Crippen LogP contribution in [0.2, 0.25) is 0 Å². The molecule has 0 fully saturated rings. The van der Waals surface area contributed by atoms with E-state index in [2.05, 4.69) is 4.72 Å². The third-order valence-electron chi connectivity index (χ3n) is 2.31. The van der Waals surface area contributed by atoms with Crippen molar-refractivity contribution in [2.75, 3.05) is 13.1 Å². The molecule has 0 aliphatic heterocycles. The van der Waals surface area contributed by atoms with Crippen molar-refractivity contribution < 1.29 is 8.42 Å². The lowest BCUT2D eigenvalue weighted by Gasteiger charge is -2.08.